The fourth-order valence-corrected chi connectivity index (χ4v) is 0.657. The molecule has 2 nitrogen and oxygen atoms in total. The fourth-order valence-electron chi connectivity index (χ4n) is 0.657. The lowest BCUT2D eigenvalue weighted by Crippen LogP contribution is -2.08. The molecule has 0 radical (unpaired) electrons. The Kier molecular flexibility index (Phi) is 4.67. The van der Waals surface area contributed by atoms with Crippen molar-refractivity contribution in [2.45, 2.75) is 19.8 Å². The Bertz CT molecular complexity index is 129. The predicted octanol–water partition coefficient (Wildman–Crippen LogP) is 1.40. The Morgan fingerprint density at radius 1 is 1.50 bits per heavy atom. The fraction of sp³-hybridized carbons (Fsp3) is 0.500. The highest BCUT2D eigenvalue weighted by Crippen LogP contribution is 1.98. The maximum Gasteiger partial charge on any atom is 0.0434 e. The monoisotopic (exact) mass is 141 g/mol. The number of hydrogen-bond donors (Lipinski definition) is 2. The molecule has 58 valence electrons. The normalized spacial score (nSPS) is 9.00. The zero-order valence-corrected chi connectivity index (χ0v) is 6.48. The molecule has 0 spiro atoms. The van der Waals surface area contributed by atoms with E-state index in [0.717, 1.165) is 24.2 Å². The molecule has 0 aliphatic heterocycles. The van der Waals surface area contributed by atoms with Crippen molar-refractivity contribution in [1.29, 1.82) is 0 Å². The molecule has 0 aliphatic rings. The van der Waals surface area contributed by atoms with Crippen molar-refractivity contribution < 1.29 is 5.11 Å². The van der Waals surface area contributed by atoms with Gasteiger partial charge in [0.25, 0.3) is 0 Å². The first-order valence-electron chi connectivity index (χ1n) is 3.38. The molecule has 2 N–H and O–H groups in total. The highest BCUT2D eigenvalue weighted by molar-refractivity contribution is 5.01. The van der Waals surface area contributed by atoms with Crippen LogP contribution in [0.15, 0.2) is 24.6 Å². The van der Waals surface area contributed by atoms with E-state index in [1.807, 2.05) is 6.92 Å². The third kappa shape index (κ3) is 5.38. The van der Waals surface area contributed by atoms with Crippen LogP contribution in [-0.2, 0) is 0 Å². The standard InChI is InChI=1S/C8H15NO/c1-7(2)9-8(3)5-4-6-10/h9-10H,1,3-6H2,2H3. The summed E-state index contributed by atoms with van der Waals surface area (Å²) in [6.07, 6.45) is 1.57. The third-order valence-corrected chi connectivity index (χ3v) is 1.03. The molecule has 0 fully saturated rings. The molecule has 0 aromatic rings. The molecule has 0 saturated carbocycles. The Labute approximate surface area is 62.3 Å². The van der Waals surface area contributed by atoms with Crippen molar-refractivity contribution in [2.24, 2.45) is 0 Å². The maximum absolute atomic E-state index is 8.46. The van der Waals surface area contributed by atoms with E-state index in [9.17, 15) is 0 Å². The van der Waals surface area contributed by atoms with Crippen molar-refractivity contribution in [3.8, 4) is 0 Å². The van der Waals surface area contributed by atoms with E-state index in [1.54, 1.807) is 0 Å². The van der Waals surface area contributed by atoms with Gasteiger partial charge in [0.05, 0.1) is 0 Å². The molecule has 0 aromatic heterocycles. The molecule has 0 aromatic carbocycles. The summed E-state index contributed by atoms with van der Waals surface area (Å²) in [5.41, 5.74) is 1.81. The summed E-state index contributed by atoms with van der Waals surface area (Å²) in [4.78, 5) is 0. The van der Waals surface area contributed by atoms with Crippen LogP contribution in [0.3, 0.4) is 0 Å². The molecule has 0 amide bonds. The zero-order valence-electron chi connectivity index (χ0n) is 6.48. The molecule has 10 heavy (non-hydrogen) atoms. The van der Waals surface area contributed by atoms with E-state index < -0.39 is 0 Å². The van der Waals surface area contributed by atoms with E-state index in [-0.39, 0.29) is 6.61 Å². The topological polar surface area (TPSA) is 32.3 Å². The molecule has 0 unspecified atom stereocenters. The van der Waals surface area contributed by atoms with Crippen molar-refractivity contribution in [1.82, 2.24) is 5.32 Å². The van der Waals surface area contributed by atoms with Crippen molar-refractivity contribution >= 4 is 0 Å². The van der Waals surface area contributed by atoms with Gasteiger partial charge in [-0.2, -0.15) is 0 Å². The number of aliphatic hydroxyl groups is 1. The summed E-state index contributed by atoms with van der Waals surface area (Å²) in [6.45, 7) is 9.52. The van der Waals surface area contributed by atoms with E-state index >= 15 is 0 Å². The SMILES string of the molecule is C=C(C)NC(=C)CCCO. The number of rotatable bonds is 5. The average Bonchev–Trinajstić information content (AvgIpc) is 1.82. The minimum atomic E-state index is 0.219. The molecule has 2 heteroatoms. The number of aliphatic hydroxyl groups excluding tert-OH is 1. The van der Waals surface area contributed by atoms with Gasteiger partial charge in [0.2, 0.25) is 0 Å². The highest BCUT2D eigenvalue weighted by atomic mass is 16.2. The second-order valence-corrected chi connectivity index (χ2v) is 2.34. The smallest absolute Gasteiger partial charge is 0.0434 e. The van der Waals surface area contributed by atoms with E-state index in [0.29, 0.717) is 0 Å². The number of allylic oxidation sites excluding steroid dienone is 2. The molecule has 0 saturated heterocycles. The van der Waals surface area contributed by atoms with E-state index in [1.165, 1.54) is 0 Å². The second-order valence-electron chi connectivity index (χ2n) is 2.34. The van der Waals surface area contributed by atoms with Crippen molar-refractivity contribution in [2.75, 3.05) is 6.61 Å². The molecule has 0 heterocycles. The van der Waals surface area contributed by atoms with Crippen LogP contribution in [0.4, 0.5) is 0 Å². The largest absolute Gasteiger partial charge is 0.396 e. The number of hydrogen-bond acceptors (Lipinski definition) is 2. The van der Waals surface area contributed by atoms with Gasteiger partial charge >= 0.3 is 0 Å². The lowest BCUT2D eigenvalue weighted by molar-refractivity contribution is 0.288. The van der Waals surface area contributed by atoms with Crippen molar-refractivity contribution in [3.05, 3.63) is 24.6 Å². The van der Waals surface area contributed by atoms with Crippen LogP contribution < -0.4 is 5.32 Å². The second kappa shape index (κ2) is 5.06. The van der Waals surface area contributed by atoms with Crippen LogP contribution in [0.1, 0.15) is 19.8 Å². The van der Waals surface area contributed by atoms with E-state index in [2.05, 4.69) is 18.5 Å². The molecule has 0 bridgehead atoms. The van der Waals surface area contributed by atoms with Gasteiger partial charge < -0.3 is 10.4 Å². The van der Waals surface area contributed by atoms with Crippen molar-refractivity contribution in [3.63, 3.8) is 0 Å². The minimum absolute atomic E-state index is 0.219. The molecular formula is C8H15NO. The van der Waals surface area contributed by atoms with Crippen LogP contribution in [0.25, 0.3) is 0 Å². The summed E-state index contributed by atoms with van der Waals surface area (Å²) < 4.78 is 0. The Balaban J connectivity index is 3.35. The maximum atomic E-state index is 8.46. The zero-order chi connectivity index (χ0) is 7.98. The Morgan fingerprint density at radius 2 is 2.10 bits per heavy atom. The van der Waals surface area contributed by atoms with Crippen LogP contribution in [-0.4, -0.2) is 11.7 Å². The first-order chi connectivity index (χ1) is 4.66. The van der Waals surface area contributed by atoms with E-state index in [4.69, 9.17) is 5.11 Å². The van der Waals surface area contributed by atoms with Gasteiger partial charge in [0.1, 0.15) is 0 Å². The summed E-state index contributed by atoms with van der Waals surface area (Å²) in [6, 6.07) is 0. The highest BCUT2D eigenvalue weighted by Gasteiger charge is 1.91. The van der Waals surface area contributed by atoms with Crippen LogP contribution in [0, 0.1) is 0 Å². The van der Waals surface area contributed by atoms with Gasteiger partial charge in [0.15, 0.2) is 0 Å². The van der Waals surface area contributed by atoms with Crippen LogP contribution in [0.2, 0.25) is 0 Å². The third-order valence-electron chi connectivity index (χ3n) is 1.03. The molecule has 0 aliphatic carbocycles. The minimum Gasteiger partial charge on any atom is -0.396 e. The first kappa shape index (κ1) is 9.24. The molecule has 0 atom stereocenters. The van der Waals surface area contributed by atoms with Crippen LogP contribution >= 0.6 is 0 Å². The van der Waals surface area contributed by atoms with Gasteiger partial charge in [-0.3, -0.25) is 0 Å². The predicted molar refractivity (Wildman–Crippen MR) is 43.4 cm³/mol. The summed E-state index contributed by atoms with van der Waals surface area (Å²) in [5, 5.41) is 11.4. The van der Waals surface area contributed by atoms with Crippen LogP contribution in [0.5, 0.6) is 0 Å². The molecule has 0 rings (SSSR count). The Morgan fingerprint density at radius 3 is 2.50 bits per heavy atom. The summed E-state index contributed by atoms with van der Waals surface area (Å²) in [7, 11) is 0. The van der Waals surface area contributed by atoms with Gasteiger partial charge in [-0.05, 0) is 19.8 Å². The first-order valence-corrected chi connectivity index (χ1v) is 3.38. The van der Waals surface area contributed by atoms with Gasteiger partial charge in [-0.1, -0.05) is 13.2 Å². The van der Waals surface area contributed by atoms with Gasteiger partial charge in [0, 0.05) is 18.0 Å². The Hall–Kier alpha value is -0.760. The lowest BCUT2D eigenvalue weighted by atomic mass is 10.2. The number of nitrogens with one attached hydrogen (secondary N) is 1. The summed E-state index contributed by atoms with van der Waals surface area (Å²) in [5.74, 6) is 0. The summed E-state index contributed by atoms with van der Waals surface area (Å²) >= 11 is 0. The van der Waals surface area contributed by atoms with Gasteiger partial charge in [-0.15, -0.1) is 0 Å². The quantitative estimate of drug-likeness (QED) is 0.606. The molecular weight excluding hydrogens is 126 g/mol. The lowest BCUT2D eigenvalue weighted by Gasteiger charge is -2.06. The van der Waals surface area contributed by atoms with Gasteiger partial charge in [-0.25, -0.2) is 0 Å². The average molecular weight is 141 g/mol.